The van der Waals surface area contributed by atoms with Crippen LogP contribution in [0, 0.1) is 5.92 Å². The van der Waals surface area contributed by atoms with Gasteiger partial charge in [0.2, 0.25) is 0 Å². The first-order valence-electron chi connectivity index (χ1n) is 9.98. The highest BCUT2D eigenvalue weighted by Crippen LogP contribution is 2.48. The SMILES string of the molecule is O=C(O)c1ccc([C@H]2CC=C3c4ccccc4N[C@H]3[C@@H]2C(=O)c2ccccn2)cc1. The Morgan fingerprint density at radius 2 is 1.73 bits per heavy atom. The first-order chi connectivity index (χ1) is 14.6. The molecule has 0 bridgehead atoms. The maximum atomic E-state index is 13.6. The summed E-state index contributed by atoms with van der Waals surface area (Å²) < 4.78 is 0. The smallest absolute Gasteiger partial charge is 0.335 e. The van der Waals surface area contributed by atoms with E-state index in [1.807, 2.05) is 36.4 Å². The van der Waals surface area contributed by atoms with Crippen LogP contribution in [0.15, 0.2) is 79.0 Å². The number of para-hydroxylation sites is 1. The van der Waals surface area contributed by atoms with Crippen LogP contribution in [0.25, 0.3) is 5.57 Å². The molecule has 0 unspecified atom stereocenters. The van der Waals surface area contributed by atoms with Gasteiger partial charge in [-0.15, -0.1) is 0 Å². The molecule has 3 atom stereocenters. The molecule has 148 valence electrons. The van der Waals surface area contributed by atoms with E-state index >= 15 is 0 Å². The van der Waals surface area contributed by atoms with E-state index in [0.717, 1.165) is 22.4 Å². The van der Waals surface area contributed by atoms with Gasteiger partial charge in [-0.3, -0.25) is 9.78 Å². The minimum Gasteiger partial charge on any atom is -0.478 e. The number of allylic oxidation sites excluding steroid dienone is 1. The summed E-state index contributed by atoms with van der Waals surface area (Å²) in [5, 5.41) is 12.8. The number of hydrogen-bond acceptors (Lipinski definition) is 4. The average Bonchev–Trinajstić information content (AvgIpc) is 3.17. The largest absolute Gasteiger partial charge is 0.478 e. The number of anilines is 1. The van der Waals surface area contributed by atoms with Gasteiger partial charge in [-0.1, -0.05) is 42.5 Å². The number of aromatic nitrogens is 1. The molecule has 2 N–H and O–H groups in total. The van der Waals surface area contributed by atoms with Gasteiger partial charge in [0.25, 0.3) is 0 Å². The number of benzene rings is 2. The number of carboxylic acid groups (broad SMARTS) is 1. The quantitative estimate of drug-likeness (QED) is 0.628. The first kappa shape index (κ1) is 18.3. The fourth-order valence-electron chi connectivity index (χ4n) is 4.66. The number of nitrogens with zero attached hydrogens (tertiary/aromatic N) is 1. The third-order valence-corrected chi connectivity index (χ3v) is 6.07. The highest BCUT2D eigenvalue weighted by molar-refractivity contribution is 6.01. The van der Waals surface area contributed by atoms with E-state index in [9.17, 15) is 14.7 Å². The molecule has 1 aliphatic carbocycles. The fraction of sp³-hybridized carbons (Fsp3) is 0.160. The lowest BCUT2D eigenvalue weighted by Crippen LogP contribution is -2.39. The van der Waals surface area contributed by atoms with Crippen molar-refractivity contribution in [1.29, 1.82) is 0 Å². The fourth-order valence-corrected chi connectivity index (χ4v) is 4.66. The summed E-state index contributed by atoms with van der Waals surface area (Å²) in [5.41, 5.74) is 4.98. The number of carbonyl (C=O) groups is 2. The van der Waals surface area contributed by atoms with E-state index in [1.165, 1.54) is 0 Å². The van der Waals surface area contributed by atoms with Crippen LogP contribution in [0.4, 0.5) is 5.69 Å². The van der Waals surface area contributed by atoms with Crippen LogP contribution in [0.1, 0.15) is 44.3 Å². The number of Topliss-reactive ketones (excluding diaryl/α,β-unsaturated/α-hetero) is 1. The monoisotopic (exact) mass is 396 g/mol. The molecule has 30 heavy (non-hydrogen) atoms. The van der Waals surface area contributed by atoms with Crippen molar-refractivity contribution in [1.82, 2.24) is 4.98 Å². The number of rotatable bonds is 4. The molecule has 0 amide bonds. The molecule has 2 aliphatic rings. The molecule has 3 aromatic rings. The maximum Gasteiger partial charge on any atom is 0.335 e. The predicted molar refractivity (Wildman–Crippen MR) is 115 cm³/mol. The van der Waals surface area contributed by atoms with Gasteiger partial charge in [-0.05, 0) is 53.8 Å². The van der Waals surface area contributed by atoms with E-state index < -0.39 is 5.97 Å². The molecule has 0 saturated heterocycles. The zero-order valence-electron chi connectivity index (χ0n) is 16.2. The number of ketones is 1. The molecule has 2 heterocycles. The average molecular weight is 396 g/mol. The van der Waals surface area contributed by atoms with Gasteiger partial charge >= 0.3 is 5.97 Å². The molecule has 5 heteroatoms. The lowest BCUT2D eigenvalue weighted by Gasteiger charge is -2.35. The van der Waals surface area contributed by atoms with Crippen molar-refractivity contribution < 1.29 is 14.7 Å². The third kappa shape index (κ3) is 2.99. The van der Waals surface area contributed by atoms with Gasteiger partial charge in [0, 0.05) is 17.4 Å². The van der Waals surface area contributed by atoms with E-state index in [0.29, 0.717) is 12.1 Å². The molecule has 0 radical (unpaired) electrons. The Hall–Kier alpha value is -3.73. The molecule has 1 aliphatic heterocycles. The Labute approximate surface area is 174 Å². The summed E-state index contributed by atoms with van der Waals surface area (Å²) in [6, 6.07) is 20.2. The normalized spacial score (nSPS) is 21.7. The summed E-state index contributed by atoms with van der Waals surface area (Å²) >= 11 is 0. The molecule has 2 aromatic carbocycles. The molecule has 0 fully saturated rings. The standard InChI is InChI=1S/C25H20N2O3/c28-24(21-7-3-4-14-26-21)22-17(15-8-10-16(11-9-15)25(29)30)12-13-19-18-5-1-2-6-20(18)27-23(19)22/h1-11,13-14,17,22-23,27H,12H2,(H,29,30)/t17-,22-,23-/m1/s1. The molecule has 0 saturated carbocycles. The van der Waals surface area contributed by atoms with Crippen molar-refractivity contribution in [2.24, 2.45) is 5.92 Å². The minimum atomic E-state index is -0.957. The number of pyridine rings is 1. The number of carboxylic acids is 1. The van der Waals surface area contributed by atoms with Crippen LogP contribution in [-0.4, -0.2) is 27.9 Å². The second-order valence-electron chi connectivity index (χ2n) is 7.70. The van der Waals surface area contributed by atoms with Crippen LogP contribution in [0.5, 0.6) is 0 Å². The van der Waals surface area contributed by atoms with Crippen molar-refractivity contribution in [3.8, 4) is 0 Å². The lowest BCUT2D eigenvalue weighted by atomic mass is 9.70. The number of nitrogens with one attached hydrogen (secondary N) is 1. The Morgan fingerprint density at radius 3 is 2.47 bits per heavy atom. The van der Waals surface area contributed by atoms with E-state index in [4.69, 9.17) is 0 Å². The van der Waals surface area contributed by atoms with Gasteiger partial charge in [0.05, 0.1) is 17.5 Å². The van der Waals surface area contributed by atoms with E-state index in [2.05, 4.69) is 22.4 Å². The Morgan fingerprint density at radius 1 is 0.967 bits per heavy atom. The maximum absolute atomic E-state index is 13.6. The van der Waals surface area contributed by atoms with Crippen LogP contribution in [-0.2, 0) is 0 Å². The number of fused-ring (bicyclic) bond motifs is 3. The van der Waals surface area contributed by atoms with Gasteiger partial charge in [-0.2, -0.15) is 0 Å². The molecule has 5 rings (SSSR count). The third-order valence-electron chi connectivity index (χ3n) is 6.07. The topological polar surface area (TPSA) is 79.3 Å². The molecular weight excluding hydrogens is 376 g/mol. The second-order valence-corrected chi connectivity index (χ2v) is 7.70. The summed E-state index contributed by atoms with van der Waals surface area (Å²) in [4.78, 5) is 29.2. The van der Waals surface area contributed by atoms with Crippen LogP contribution >= 0.6 is 0 Å². The Balaban J connectivity index is 1.58. The number of carbonyl (C=O) groups excluding carboxylic acids is 1. The van der Waals surface area contributed by atoms with Crippen LogP contribution in [0.3, 0.4) is 0 Å². The van der Waals surface area contributed by atoms with Crippen molar-refractivity contribution >= 4 is 23.0 Å². The molecule has 1 aromatic heterocycles. The van der Waals surface area contributed by atoms with Crippen LogP contribution < -0.4 is 5.32 Å². The zero-order valence-corrected chi connectivity index (χ0v) is 16.2. The summed E-state index contributed by atoms with van der Waals surface area (Å²) in [7, 11) is 0. The summed E-state index contributed by atoms with van der Waals surface area (Å²) in [5.74, 6) is -1.37. The van der Waals surface area contributed by atoms with Gasteiger partial charge in [0.1, 0.15) is 5.69 Å². The lowest BCUT2D eigenvalue weighted by molar-refractivity contribution is 0.0696. The summed E-state index contributed by atoms with van der Waals surface area (Å²) in [6.45, 7) is 0. The van der Waals surface area contributed by atoms with Crippen molar-refractivity contribution in [3.05, 3.63) is 101 Å². The zero-order chi connectivity index (χ0) is 20.7. The minimum absolute atomic E-state index is 0.00110. The number of aromatic carboxylic acids is 1. The summed E-state index contributed by atoms with van der Waals surface area (Å²) in [6.07, 6.45) is 4.55. The van der Waals surface area contributed by atoms with Crippen molar-refractivity contribution in [2.45, 2.75) is 18.4 Å². The highest BCUT2D eigenvalue weighted by atomic mass is 16.4. The number of hydrogen-bond donors (Lipinski definition) is 2. The van der Waals surface area contributed by atoms with Crippen molar-refractivity contribution in [2.75, 3.05) is 5.32 Å². The molecule has 0 spiro atoms. The van der Waals surface area contributed by atoms with Crippen molar-refractivity contribution in [3.63, 3.8) is 0 Å². The molecular formula is C25H20N2O3. The molecule has 5 nitrogen and oxygen atoms in total. The Bertz CT molecular complexity index is 1150. The predicted octanol–water partition coefficient (Wildman–Crippen LogP) is 4.64. The van der Waals surface area contributed by atoms with E-state index in [-0.39, 0.29) is 29.2 Å². The second kappa shape index (κ2) is 7.26. The van der Waals surface area contributed by atoms with Gasteiger partial charge in [-0.25, -0.2) is 4.79 Å². The van der Waals surface area contributed by atoms with E-state index in [1.54, 1.807) is 30.5 Å². The Kier molecular flexibility index (Phi) is 4.43. The van der Waals surface area contributed by atoms with Gasteiger partial charge in [0.15, 0.2) is 5.78 Å². The highest BCUT2D eigenvalue weighted by Gasteiger charge is 2.44. The first-order valence-corrected chi connectivity index (χ1v) is 9.98. The van der Waals surface area contributed by atoms with Gasteiger partial charge < -0.3 is 10.4 Å². The van der Waals surface area contributed by atoms with Crippen LogP contribution in [0.2, 0.25) is 0 Å².